The fraction of sp³-hybridized carbons (Fsp3) is 0.500. The highest BCUT2D eigenvalue weighted by Crippen LogP contribution is 2.26. The number of nitrogens with zero attached hydrogens (tertiary/aromatic N) is 4. The molecule has 1 atom stereocenters. The summed E-state index contributed by atoms with van der Waals surface area (Å²) >= 11 is 0. The molecule has 6 nitrogen and oxygen atoms in total. The first-order valence-corrected chi connectivity index (χ1v) is 5.80. The Bertz CT molecular complexity index is 502. The highest BCUT2D eigenvalue weighted by atomic mass is 16.3. The Labute approximate surface area is 106 Å². The van der Waals surface area contributed by atoms with Gasteiger partial charge in [-0.15, -0.1) is 0 Å². The number of carbonyl (C=O) groups excluding carboxylic acids is 1. The van der Waals surface area contributed by atoms with Crippen LogP contribution in [0, 0.1) is 0 Å². The molecule has 0 spiro atoms. The first-order chi connectivity index (χ1) is 8.43. The number of hydrogen-bond acceptors (Lipinski definition) is 4. The van der Waals surface area contributed by atoms with Crippen LogP contribution in [0.5, 0.6) is 0 Å². The van der Waals surface area contributed by atoms with E-state index in [1.165, 1.54) is 10.5 Å². The summed E-state index contributed by atoms with van der Waals surface area (Å²) in [4.78, 5) is 19.2. The molecule has 0 radical (unpaired) electrons. The molecule has 6 heteroatoms. The molecule has 1 aliphatic heterocycles. The third kappa shape index (κ3) is 1.88. The summed E-state index contributed by atoms with van der Waals surface area (Å²) < 4.78 is 1.80. The zero-order valence-electron chi connectivity index (χ0n) is 11.1. The molecular formula is C12H18N4O2. The molecular weight excluding hydrogens is 232 g/mol. The summed E-state index contributed by atoms with van der Waals surface area (Å²) in [6, 6.07) is 0. The minimum Gasteiger partial charge on any atom is -0.356 e. The molecule has 1 N–H and O–H groups in total. The van der Waals surface area contributed by atoms with E-state index in [0.29, 0.717) is 18.1 Å². The number of aliphatic hydroxyl groups is 1. The summed E-state index contributed by atoms with van der Waals surface area (Å²) in [7, 11) is 3.29. The molecule has 0 aliphatic carbocycles. The van der Waals surface area contributed by atoms with E-state index in [2.05, 4.69) is 4.98 Å². The van der Waals surface area contributed by atoms with Crippen molar-refractivity contribution in [1.29, 1.82) is 0 Å². The van der Waals surface area contributed by atoms with Crippen LogP contribution in [0.25, 0.3) is 0 Å². The van der Waals surface area contributed by atoms with Gasteiger partial charge in [0.25, 0.3) is 5.91 Å². The predicted molar refractivity (Wildman–Crippen MR) is 68.2 cm³/mol. The number of allylic oxidation sites excluding steroid dienone is 2. The Hall–Kier alpha value is -1.82. The highest BCUT2D eigenvalue weighted by Gasteiger charge is 2.35. The first kappa shape index (κ1) is 12.6. The third-order valence-corrected chi connectivity index (χ3v) is 3.06. The fourth-order valence-corrected chi connectivity index (χ4v) is 1.91. The Kier molecular flexibility index (Phi) is 3.13. The number of aliphatic hydroxyl groups excluding tert-OH is 1. The molecule has 2 rings (SSSR count). The van der Waals surface area contributed by atoms with Gasteiger partial charge in [0.1, 0.15) is 0 Å². The molecule has 1 aliphatic rings. The Morgan fingerprint density at radius 1 is 1.44 bits per heavy atom. The van der Waals surface area contributed by atoms with Gasteiger partial charge in [-0.05, 0) is 13.8 Å². The lowest BCUT2D eigenvalue weighted by Crippen LogP contribution is -2.52. The molecule has 1 unspecified atom stereocenters. The van der Waals surface area contributed by atoms with Crippen LogP contribution in [0.15, 0.2) is 18.0 Å². The van der Waals surface area contributed by atoms with Crippen LogP contribution in [-0.4, -0.2) is 45.9 Å². The fourth-order valence-electron chi connectivity index (χ4n) is 1.91. The lowest BCUT2D eigenvalue weighted by atomic mass is 10.2. The standard InChI is InChI=1S/C12H18N4O2/c1-8(2)5-6-16-7-13-10-9(16)11(17)15(4)12(18)14(10)3/h5,7,12,18H,6H2,1-4H3. The number of hydrogen-bond donors (Lipinski definition) is 1. The maximum absolute atomic E-state index is 12.2. The number of aromatic nitrogens is 2. The van der Waals surface area contributed by atoms with E-state index >= 15 is 0 Å². The van der Waals surface area contributed by atoms with Crippen LogP contribution in [0.2, 0.25) is 0 Å². The molecule has 1 aromatic rings. The molecule has 0 bridgehead atoms. The van der Waals surface area contributed by atoms with Crippen LogP contribution >= 0.6 is 0 Å². The zero-order valence-corrected chi connectivity index (χ0v) is 11.1. The summed E-state index contributed by atoms with van der Waals surface area (Å²) in [6.45, 7) is 4.62. The number of anilines is 1. The van der Waals surface area contributed by atoms with Gasteiger partial charge < -0.3 is 14.6 Å². The maximum Gasteiger partial charge on any atom is 0.277 e. The second-order valence-electron chi connectivity index (χ2n) is 4.72. The molecule has 2 heterocycles. The van der Waals surface area contributed by atoms with Crippen molar-refractivity contribution in [2.75, 3.05) is 19.0 Å². The summed E-state index contributed by atoms with van der Waals surface area (Å²) in [6.07, 6.45) is 2.70. The number of carbonyl (C=O) groups is 1. The Morgan fingerprint density at radius 3 is 2.72 bits per heavy atom. The lowest BCUT2D eigenvalue weighted by Gasteiger charge is -2.36. The first-order valence-electron chi connectivity index (χ1n) is 5.80. The van der Waals surface area contributed by atoms with E-state index in [1.54, 1.807) is 29.9 Å². The van der Waals surface area contributed by atoms with Gasteiger partial charge in [-0.25, -0.2) is 4.98 Å². The predicted octanol–water partition coefficient (Wildman–Crippen LogP) is 0.647. The summed E-state index contributed by atoms with van der Waals surface area (Å²) in [5.74, 6) is 0.308. The van der Waals surface area contributed by atoms with Crippen molar-refractivity contribution in [3.8, 4) is 0 Å². The monoisotopic (exact) mass is 250 g/mol. The van der Waals surface area contributed by atoms with E-state index in [4.69, 9.17) is 0 Å². The van der Waals surface area contributed by atoms with Crippen LogP contribution in [0.3, 0.4) is 0 Å². The minimum atomic E-state index is -0.961. The smallest absolute Gasteiger partial charge is 0.277 e. The van der Waals surface area contributed by atoms with Crippen molar-refractivity contribution >= 4 is 11.7 Å². The molecule has 1 amide bonds. The van der Waals surface area contributed by atoms with Crippen molar-refractivity contribution < 1.29 is 9.90 Å². The van der Waals surface area contributed by atoms with Crippen LogP contribution in [0.1, 0.15) is 24.3 Å². The quantitative estimate of drug-likeness (QED) is 0.783. The maximum atomic E-state index is 12.2. The van der Waals surface area contributed by atoms with Gasteiger partial charge >= 0.3 is 0 Å². The molecule has 1 aromatic heterocycles. The number of imidazole rings is 1. The molecule has 0 saturated carbocycles. The average Bonchev–Trinajstić information content (AvgIpc) is 2.75. The van der Waals surface area contributed by atoms with E-state index in [0.717, 1.165) is 0 Å². The van der Waals surface area contributed by atoms with E-state index in [-0.39, 0.29) is 5.91 Å². The van der Waals surface area contributed by atoms with Crippen molar-refractivity contribution in [1.82, 2.24) is 14.5 Å². The van der Waals surface area contributed by atoms with Gasteiger partial charge in [0.15, 0.2) is 11.5 Å². The van der Waals surface area contributed by atoms with Crippen LogP contribution < -0.4 is 4.90 Å². The largest absolute Gasteiger partial charge is 0.356 e. The van der Waals surface area contributed by atoms with Gasteiger partial charge in [0.2, 0.25) is 6.35 Å². The molecule has 98 valence electrons. The van der Waals surface area contributed by atoms with Gasteiger partial charge in [-0.3, -0.25) is 9.69 Å². The van der Waals surface area contributed by atoms with Gasteiger partial charge in [0, 0.05) is 20.6 Å². The average molecular weight is 250 g/mol. The minimum absolute atomic E-state index is 0.213. The number of fused-ring (bicyclic) bond motifs is 1. The van der Waals surface area contributed by atoms with Crippen molar-refractivity contribution in [3.05, 3.63) is 23.7 Å². The van der Waals surface area contributed by atoms with Crippen molar-refractivity contribution in [2.24, 2.45) is 0 Å². The summed E-state index contributed by atoms with van der Waals surface area (Å²) in [5, 5.41) is 9.86. The topological polar surface area (TPSA) is 61.6 Å². The SMILES string of the molecule is CC(C)=CCn1cnc2c1C(=O)N(C)C(O)N2C. The van der Waals surface area contributed by atoms with Gasteiger partial charge in [-0.2, -0.15) is 0 Å². The van der Waals surface area contributed by atoms with E-state index < -0.39 is 6.35 Å². The number of amides is 1. The van der Waals surface area contributed by atoms with E-state index in [9.17, 15) is 9.90 Å². The van der Waals surface area contributed by atoms with Gasteiger partial charge in [0.05, 0.1) is 6.33 Å². The Morgan fingerprint density at radius 2 is 2.11 bits per heavy atom. The molecule has 0 saturated heterocycles. The second kappa shape index (κ2) is 4.45. The normalized spacial score (nSPS) is 18.9. The summed E-state index contributed by atoms with van der Waals surface area (Å²) in [5.41, 5.74) is 1.70. The molecule has 18 heavy (non-hydrogen) atoms. The zero-order chi connectivity index (χ0) is 13.4. The Balaban J connectivity index is 2.42. The molecule has 0 aromatic carbocycles. The van der Waals surface area contributed by atoms with E-state index in [1.807, 2.05) is 19.9 Å². The van der Waals surface area contributed by atoms with Crippen LogP contribution in [0.4, 0.5) is 5.82 Å². The van der Waals surface area contributed by atoms with Gasteiger partial charge in [-0.1, -0.05) is 11.6 Å². The van der Waals surface area contributed by atoms with Crippen molar-refractivity contribution in [2.45, 2.75) is 26.7 Å². The highest BCUT2D eigenvalue weighted by molar-refractivity contribution is 5.99. The lowest BCUT2D eigenvalue weighted by molar-refractivity contribution is 0.0152. The third-order valence-electron chi connectivity index (χ3n) is 3.06. The molecule has 0 fully saturated rings. The van der Waals surface area contributed by atoms with Crippen LogP contribution in [-0.2, 0) is 6.54 Å². The second-order valence-corrected chi connectivity index (χ2v) is 4.72. The van der Waals surface area contributed by atoms with Crippen molar-refractivity contribution in [3.63, 3.8) is 0 Å². The number of rotatable bonds is 2.